The fourth-order valence-corrected chi connectivity index (χ4v) is 7.94. The molecule has 0 amide bonds. The van der Waals surface area contributed by atoms with Crippen LogP contribution < -0.4 is 4.90 Å². The molecule has 0 unspecified atom stereocenters. The summed E-state index contributed by atoms with van der Waals surface area (Å²) in [5, 5.41) is 9.95. The fraction of sp³-hybridized carbons (Fsp3) is 0. The number of anilines is 3. The first kappa shape index (κ1) is 28.4. The monoisotopic (exact) mass is 636 g/mol. The van der Waals surface area contributed by atoms with Crippen LogP contribution >= 0.6 is 0 Å². The first-order valence-electron chi connectivity index (χ1n) is 17.2. The van der Waals surface area contributed by atoms with Crippen molar-refractivity contribution in [1.82, 2.24) is 4.57 Å². The van der Waals surface area contributed by atoms with Gasteiger partial charge < -0.3 is 9.47 Å². The summed E-state index contributed by atoms with van der Waals surface area (Å²) in [4.78, 5) is 2.35. The van der Waals surface area contributed by atoms with Crippen LogP contribution in [-0.4, -0.2) is 4.57 Å². The third-order valence-electron chi connectivity index (χ3n) is 10.1. The molecule has 0 saturated heterocycles. The van der Waals surface area contributed by atoms with E-state index in [4.69, 9.17) is 0 Å². The van der Waals surface area contributed by atoms with Gasteiger partial charge in [0.05, 0.1) is 16.7 Å². The molecule has 0 aliphatic heterocycles. The van der Waals surface area contributed by atoms with Crippen LogP contribution in [0.3, 0.4) is 0 Å². The van der Waals surface area contributed by atoms with Crippen LogP contribution in [0.25, 0.3) is 70.9 Å². The molecule has 10 rings (SSSR count). The zero-order valence-electron chi connectivity index (χ0n) is 27.4. The number of hydrogen-bond donors (Lipinski definition) is 0. The quantitative estimate of drug-likeness (QED) is 0.171. The molecular weight excluding hydrogens is 605 g/mol. The van der Waals surface area contributed by atoms with E-state index in [2.05, 4.69) is 204 Å². The zero-order valence-corrected chi connectivity index (χ0v) is 27.4. The molecule has 2 heteroatoms. The summed E-state index contributed by atoms with van der Waals surface area (Å²) in [6.07, 6.45) is 0. The molecule has 0 aliphatic carbocycles. The van der Waals surface area contributed by atoms with Crippen molar-refractivity contribution in [3.63, 3.8) is 0 Å². The van der Waals surface area contributed by atoms with E-state index in [1.165, 1.54) is 70.9 Å². The maximum Gasteiger partial charge on any atom is 0.0619 e. The Balaban J connectivity index is 1.19. The number of fused-ring (bicyclic) bond motifs is 6. The first-order valence-corrected chi connectivity index (χ1v) is 17.2. The Labute approximate surface area is 290 Å². The van der Waals surface area contributed by atoms with E-state index in [1.807, 2.05) is 0 Å². The SMILES string of the molecule is c1ccc(N(c2ccc(-c3c4ccccc4c(-n4c5ccccc5c5ccccc54)c4ccccc34)cc2)c2ccc3ccccc3c2)cc1. The summed E-state index contributed by atoms with van der Waals surface area (Å²) in [6.45, 7) is 0. The maximum atomic E-state index is 2.48. The van der Waals surface area contributed by atoms with Gasteiger partial charge in [0.25, 0.3) is 0 Å². The molecule has 0 fully saturated rings. The Morgan fingerprint density at radius 3 is 1.40 bits per heavy atom. The van der Waals surface area contributed by atoms with E-state index in [9.17, 15) is 0 Å². The molecule has 0 atom stereocenters. The first-order chi connectivity index (χ1) is 24.8. The average molecular weight is 637 g/mol. The molecule has 0 spiro atoms. The van der Waals surface area contributed by atoms with Crippen LogP contribution in [0.4, 0.5) is 17.1 Å². The molecule has 10 aromatic rings. The zero-order chi connectivity index (χ0) is 33.0. The van der Waals surface area contributed by atoms with Gasteiger partial charge in [0.15, 0.2) is 0 Å². The summed E-state index contributed by atoms with van der Waals surface area (Å²) >= 11 is 0. The van der Waals surface area contributed by atoms with Gasteiger partial charge in [-0.15, -0.1) is 0 Å². The third-order valence-corrected chi connectivity index (χ3v) is 10.1. The lowest BCUT2D eigenvalue weighted by atomic mass is 9.90. The molecule has 0 radical (unpaired) electrons. The van der Waals surface area contributed by atoms with Crippen molar-refractivity contribution in [2.45, 2.75) is 0 Å². The minimum absolute atomic E-state index is 1.12. The van der Waals surface area contributed by atoms with Gasteiger partial charge in [0.1, 0.15) is 0 Å². The number of rotatable bonds is 5. The predicted octanol–water partition coefficient (Wildman–Crippen LogP) is 13.4. The highest BCUT2D eigenvalue weighted by atomic mass is 15.1. The lowest BCUT2D eigenvalue weighted by Crippen LogP contribution is -2.09. The summed E-state index contributed by atoms with van der Waals surface area (Å²) in [7, 11) is 0. The van der Waals surface area contributed by atoms with Crippen molar-refractivity contribution in [3.05, 3.63) is 194 Å². The summed E-state index contributed by atoms with van der Waals surface area (Å²) in [5.74, 6) is 0. The van der Waals surface area contributed by atoms with Crippen molar-refractivity contribution in [3.8, 4) is 16.8 Å². The molecule has 1 heterocycles. The highest BCUT2D eigenvalue weighted by Gasteiger charge is 2.20. The van der Waals surface area contributed by atoms with Gasteiger partial charge in [-0.05, 0) is 81.2 Å². The van der Waals surface area contributed by atoms with E-state index in [0.717, 1.165) is 17.1 Å². The third kappa shape index (κ3) is 4.43. The van der Waals surface area contributed by atoms with Crippen LogP contribution in [0.1, 0.15) is 0 Å². The summed E-state index contributed by atoms with van der Waals surface area (Å²) in [6, 6.07) is 70.4. The summed E-state index contributed by atoms with van der Waals surface area (Å²) < 4.78 is 2.48. The predicted molar refractivity (Wildman–Crippen MR) is 213 cm³/mol. The van der Waals surface area contributed by atoms with E-state index in [-0.39, 0.29) is 0 Å². The molecule has 0 aliphatic rings. The molecule has 2 nitrogen and oxygen atoms in total. The maximum absolute atomic E-state index is 2.48. The number of aromatic nitrogens is 1. The molecular formula is C48H32N2. The van der Waals surface area contributed by atoms with Crippen LogP contribution in [-0.2, 0) is 0 Å². The molecule has 0 N–H and O–H groups in total. The topological polar surface area (TPSA) is 8.17 Å². The second-order valence-electron chi connectivity index (χ2n) is 12.9. The number of para-hydroxylation sites is 3. The Morgan fingerprint density at radius 2 is 0.780 bits per heavy atom. The van der Waals surface area contributed by atoms with Crippen LogP contribution in [0.2, 0.25) is 0 Å². The number of benzene rings is 9. The highest BCUT2D eigenvalue weighted by molar-refractivity contribution is 6.20. The highest BCUT2D eigenvalue weighted by Crippen LogP contribution is 2.45. The molecule has 0 bridgehead atoms. The molecule has 9 aromatic carbocycles. The Bertz CT molecular complexity index is 2750. The van der Waals surface area contributed by atoms with Gasteiger partial charge in [0, 0.05) is 38.6 Å². The van der Waals surface area contributed by atoms with Crippen molar-refractivity contribution >= 4 is 71.2 Å². The number of hydrogen-bond acceptors (Lipinski definition) is 1. The van der Waals surface area contributed by atoms with Crippen LogP contribution in [0, 0.1) is 0 Å². The van der Waals surface area contributed by atoms with E-state index >= 15 is 0 Å². The van der Waals surface area contributed by atoms with E-state index in [0.29, 0.717) is 0 Å². The van der Waals surface area contributed by atoms with Crippen molar-refractivity contribution in [2.75, 3.05) is 4.90 Å². The molecule has 0 saturated carbocycles. The van der Waals surface area contributed by atoms with Crippen LogP contribution in [0.5, 0.6) is 0 Å². The average Bonchev–Trinajstić information content (AvgIpc) is 3.52. The normalized spacial score (nSPS) is 11.6. The lowest BCUT2D eigenvalue weighted by molar-refractivity contribution is 1.21. The Kier molecular flexibility index (Phi) is 6.53. The Morgan fingerprint density at radius 1 is 0.320 bits per heavy atom. The van der Waals surface area contributed by atoms with Gasteiger partial charge in [-0.25, -0.2) is 0 Å². The lowest BCUT2D eigenvalue weighted by Gasteiger charge is -2.26. The molecule has 50 heavy (non-hydrogen) atoms. The molecule has 1 aromatic heterocycles. The number of nitrogens with zero attached hydrogens (tertiary/aromatic N) is 2. The van der Waals surface area contributed by atoms with Crippen LogP contribution in [0.15, 0.2) is 194 Å². The Hall–Kier alpha value is -6.64. The van der Waals surface area contributed by atoms with Crippen molar-refractivity contribution in [1.29, 1.82) is 0 Å². The van der Waals surface area contributed by atoms with Gasteiger partial charge >= 0.3 is 0 Å². The smallest absolute Gasteiger partial charge is 0.0619 e. The van der Waals surface area contributed by atoms with Crippen molar-refractivity contribution < 1.29 is 0 Å². The standard InChI is InChI=1S/C48H32N2/c1-2-16-36(17-3-1)49(38-31-26-33-14-4-5-15-35(33)32-38)37-29-27-34(28-30-37)47-41-20-6-8-22-43(41)48(44-23-9-7-21-42(44)47)50-45-24-12-10-18-39(45)40-19-11-13-25-46(40)50/h1-32H. The molecule has 234 valence electrons. The minimum Gasteiger partial charge on any atom is -0.310 e. The van der Waals surface area contributed by atoms with Crippen molar-refractivity contribution in [2.24, 2.45) is 0 Å². The second-order valence-corrected chi connectivity index (χ2v) is 12.9. The summed E-state index contributed by atoms with van der Waals surface area (Å²) in [5.41, 5.74) is 9.49. The van der Waals surface area contributed by atoms with Gasteiger partial charge in [-0.2, -0.15) is 0 Å². The fourth-order valence-electron chi connectivity index (χ4n) is 7.94. The van der Waals surface area contributed by atoms with Gasteiger partial charge in [-0.1, -0.05) is 146 Å². The second kappa shape index (κ2) is 11.5. The van der Waals surface area contributed by atoms with Gasteiger partial charge in [-0.3, -0.25) is 0 Å². The van der Waals surface area contributed by atoms with E-state index in [1.54, 1.807) is 0 Å². The largest absolute Gasteiger partial charge is 0.310 e. The van der Waals surface area contributed by atoms with E-state index < -0.39 is 0 Å². The van der Waals surface area contributed by atoms with Gasteiger partial charge in [0.2, 0.25) is 0 Å². The minimum atomic E-state index is 1.12.